The van der Waals surface area contributed by atoms with Crippen molar-refractivity contribution < 1.29 is 9.90 Å². The highest BCUT2D eigenvalue weighted by atomic mass is 16.4. The predicted molar refractivity (Wildman–Crippen MR) is 62.2 cm³/mol. The number of carboxylic acid groups (broad SMARTS) is 1. The molecule has 1 aromatic rings. The highest BCUT2D eigenvalue weighted by molar-refractivity contribution is 5.80. The van der Waals surface area contributed by atoms with Crippen molar-refractivity contribution in [3.05, 3.63) is 27.4 Å². The first-order valence-corrected chi connectivity index (χ1v) is 5.79. The smallest absolute Gasteiger partial charge is 0.345 e. The van der Waals surface area contributed by atoms with E-state index in [1.807, 2.05) is 0 Å². The van der Waals surface area contributed by atoms with Crippen molar-refractivity contribution in [2.24, 2.45) is 0 Å². The Morgan fingerprint density at radius 2 is 2.00 bits per heavy atom. The van der Waals surface area contributed by atoms with Crippen LogP contribution in [0.1, 0.15) is 43.6 Å². The molecule has 17 heavy (non-hydrogen) atoms. The van der Waals surface area contributed by atoms with E-state index in [1.165, 1.54) is 0 Å². The van der Waals surface area contributed by atoms with Crippen LogP contribution in [0.4, 0.5) is 0 Å². The van der Waals surface area contributed by atoms with Crippen molar-refractivity contribution in [3.63, 3.8) is 0 Å². The van der Waals surface area contributed by atoms with Crippen LogP contribution in [0.25, 0.3) is 0 Å². The molecule has 1 aliphatic carbocycles. The van der Waals surface area contributed by atoms with Gasteiger partial charge in [0, 0.05) is 5.69 Å². The van der Waals surface area contributed by atoms with E-state index in [1.54, 1.807) is 13.8 Å². The molecule has 2 N–H and O–H groups in total. The lowest BCUT2D eigenvalue weighted by atomic mass is 9.82. The Kier molecular flexibility index (Phi) is 2.77. The molecule has 2 rings (SSSR count). The van der Waals surface area contributed by atoms with Gasteiger partial charge in [0.25, 0.3) is 0 Å². The van der Waals surface area contributed by atoms with Gasteiger partial charge in [-0.15, -0.1) is 0 Å². The summed E-state index contributed by atoms with van der Waals surface area (Å²) in [5.74, 6) is -0.955. The first kappa shape index (κ1) is 11.8. The van der Waals surface area contributed by atoms with Crippen molar-refractivity contribution in [2.75, 3.05) is 0 Å². The highest BCUT2D eigenvalue weighted by Gasteiger charge is 2.35. The number of rotatable bonds is 2. The number of nitrogens with zero attached hydrogens (tertiary/aromatic N) is 1. The molecule has 0 aromatic carbocycles. The normalized spacial score (nSPS) is 15.4. The van der Waals surface area contributed by atoms with E-state index < -0.39 is 17.1 Å². The molecular formula is C12H16N2O3. The summed E-state index contributed by atoms with van der Waals surface area (Å²) in [7, 11) is 0. The van der Waals surface area contributed by atoms with Crippen LogP contribution in [-0.2, 0) is 23.1 Å². The molecule has 0 saturated heterocycles. The molecule has 5 heteroatoms. The minimum Gasteiger partial charge on any atom is -0.481 e. The van der Waals surface area contributed by atoms with E-state index in [-0.39, 0.29) is 0 Å². The summed E-state index contributed by atoms with van der Waals surface area (Å²) in [4.78, 5) is 29.3. The van der Waals surface area contributed by atoms with Crippen molar-refractivity contribution in [1.82, 2.24) is 9.97 Å². The van der Waals surface area contributed by atoms with Gasteiger partial charge < -0.3 is 10.1 Å². The predicted octanol–water partition coefficient (Wildman–Crippen LogP) is 1.01. The van der Waals surface area contributed by atoms with Gasteiger partial charge >= 0.3 is 11.7 Å². The molecule has 0 bridgehead atoms. The second-order valence-corrected chi connectivity index (χ2v) is 4.98. The van der Waals surface area contributed by atoms with Crippen molar-refractivity contribution in [1.29, 1.82) is 0 Å². The van der Waals surface area contributed by atoms with Crippen LogP contribution in [-0.4, -0.2) is 21.0 Å². The molecule has 0 atom stereocenters. The third kappa shape index (κ3) is 1.97. The molecule has 1 aromatic heterocycles. The Bertz CT molecular complexity index is 517. The molecule has 1 heterocycles. The van der Waals surface area contributed by atoms with Crippen LogP contribution >= 0.6 is 0 Å². The van der Waals surface area contributed by atoms with Crippen LogP contribution < -0.4 is 5.69 Å². The SMILES string of the molecule is CC(C)(C(=O)O)c1nc(=O)[nH]c2c1CCCC2. The Balaban J connectivity index is 2.65. The lowest BCUT2D eigenvalue weighted by Gasteiger charge is -2.25. The molecule has 92 valence electrons. The number of H-pyrrole nitrogens is 1. The summed E-state index contributed by atoms with van der Waals surface area (Å²) in [5, 5.41) is 9.23. The number of aryl methyl sites for hydroxylation is 1. The molecule has 0 spiro atoms. The van der Waals surface area contributed by atoms with Gasteiger partial charge in [-0.2, -0.15) is 4.98 Å². The molecule has 0 fully saturated rings. The fourth-order valence-corrected chi connectivity index (χ4v) is 2.25. The summed E-state index contributed by atoms with van der Waals surface area (Å²) in [6.07, 6.45) is 3.64. The quantitative estimate of drug-likeness (QED) is 0.802. The number of aromatic nitrogens is 2. The second kappa shape index (κ2) is 3.98. The Morgan fingerprint density at radius 3 is 2.65 bits per heavy atom. The number of carboxylic acids is 1. The van der Waals surface area contributed by atoms with Gasteiger partial charge in [-0.25, -0.2) is 4.79 Å². The average Bonchev–Trinajstić information content (AvgIpc) is 2.27. The standard InChI is InChI=1S/C12H16N2O3/c1-12(2,10(15)16)9-7-5-3-4-6-8(7)13-11(17)14-9/h3-6H2,1-2H3,(H,15,16)(H,13,14,17). The number of fused-ring (bicyclic) bond motifs is 1. The van der Waals surface area contributed by atoms with Crippen molar-refractivity contribution in [2.45, 2.75) is 44.9 Å². The first-order chi connectivity index (χ1) is 7.93. The zero-order valence-electron chi connectivity index (χ0n) is 10.0. The number of aromatic amines is 1. The maximum Gasteiger partial charge on any atom is 0.345 e. The molecule has 0 aliphatic heterocycles. The summed E-state index contributed by atoms with van der Waals surface area (Å²) in [6.45, 7) is 3.18. The molecular weight excluding hydrogens is 220 g/mol. The van der Waals surface area contributed by atoms with Crippen LogP contribution in [0.15, 0.2) is 4.79 Å². The number of nitrogens with one attached hydrogen (secondary N) is 1. The first-order valence-electron chi connectivity index (χ1n) is 5.79. The molecule has 0 saturated carbocycles. The fraction of sp³-hybridized carbons (Fsp3) is 0.583. The maximum absolute atomic E-state index is 11.5. The van der Waals surface area contributed by atoms with E-state index >= 15 is 0 Å². The van der Waals surface area contributed by atoms with Crippen LogP contribution in [0.5, 0.6) is 0 Å². The van der Waals surface area contributed by atoms with E-state index in [0.717, 1.165) is 36.9 Å². The van der Waals surface area contributed by atoms with Crippen LogP contribution in [0, 0.1) is 0 Å². The Morgan fingerprint density at radius 1 is 1.35 bits per heavy atom. The Hall–Kier alpha value is -1.65. The highest BCUT2D eigenvalue weighted by Crippen LogP contribution is 2.29. The zero-order valence-corrected chi connectivity index (χ0v) is 10.0. The lowest BCUT2D eigenvalue weighted by molar-refractivity contribution is -0.142. The van der Waals surface area contributed by atoms with Gasteiger partial charge in [-0.1, -0.05) is 0 Å². The summed E-state index contributed by atoms with van der Waals surface area (Å²) in [6, 6.07) is 0. The summed E-state index contributed by atoms with van der Waals surface area (Å²) in [5.41, 5.74) is 0.637. The van der Waals surface area contributed by atoms with Gasteiger partial charge in [-0.3, -0.25) is 4.79 Å². The molecule has 0 unspecified atom stereocenters. The van der Waals surface area contributed by atoms with Gasteiger partial charge in [0.05, 0.1) is 5.69 Å². The third-order valence-corrected chi connectivity index (χ3v) is 3.35. The van der Waals surface area contributed by atoms with Gasteiger partial charge in [-0.05, 0) is 45.1 Å². The maximum atomic E-state index is 11.5. The minimum absolute atomic E-state index is 0.420. The van der Waals surface area contributed by atoms with E-state index in [9.17, 15) is 14.7 Å². The summed E-state index contributed by atoms with van der Waals surface area (Å²) >= 11 is 0. The lowest BCUT2D eigenvalue weighted by Crippen LogP contribution is -2.35. The van der Waals surface area contributed by atoms with E-state index in [2.05, 4.69) is 9.97 Å². The molecule has 0 amide bonds. The number of hydrogen-bond acceptors (Lipinski definition) is 3. The molecule has 0 radical (unpaired) electrons. The number of aliphatic carboxylic acids is 1. The second-order valence-electron chi connectivity index (χ2n) is 4.98. The Labute approximate surface area is 98.9 Å². The van der Waals surface area contributed by atoms with Crippen LogP contribution in [0.3, 0.4) is 0 Å². The molecule has 1 aliphatic rings. The minimum atomic E-state index is -1.12. The zero-order chi connectivity index (χ0) is 12.6. The van der Waals surface area contributed by atoms with E-state index in [4.69, 9.17) is 0 Å². The van der Waals surface area contributed by atoms with Gasteiger partial charge in [0.1, 0.15) is 5.41 Å². The average molecular weight is 236 g/mol. The molecule has 5 nitrogen and oxygen atoms in total. The topological polar surface area (TPSA) is 83.0 Å². The van der Waals surface area contributed by atoms with Crippen molar-refractivity contribution >= 4 is 5.97 Å². The fourth-order valence-electron chi connectivity index (χ4n) is 2.25. The summed E-state index contributed by atoms with van der Waals surface area (Å²) < 4.78 is 0. The van der Waals surface area contributed by atoms with E-state index in [0.29, 0.717) is 5.69 Å². The van der Waals surface area contributed by atoms with Crippen LogP contribution in [0.2, 0.25) is 0 Å². The van der Waals surface area contributed by atoms with Crippen molar-refractivity contribution in [3.8, 4) is 0 Å². The number of carbonyl (C=O) groups is 1. The largest absolute Gasteiger partial charge is 0.481 e. The van der Waals surface area contributed by atoms with Gasteiger partial charge in [0.2, 0.25) is 0 Å². The van der Waals surface area contributed by atoms with Gasteiger partial charge in [0.15, 0.2) is 0 Å². The number of hydrogen-bond donors (Lipinski definition) is 2. The monoisotopic (exact) mass is 236 g/mol. The third-order valence-electron chi connectivity index (χ3n) is 3.35.